The number of rotatable bonds is 2. The molecule has 7 nitrogen and oxygen atoms in total. The van der Waals surface area contributed by atoms with Gasteiger partial charge in [-0.15, -0.1) is 0 Å². The van der Waals surface area contributed by atoms with Crippen LogP contribution in [0.25, 0.3) is 0 Å². The Morgan fingerprint density at radius 2 is 2.30 bits per heavy atom. The largest absolute Gasteiger partial charge is 0.375 e. The first-order valence-electron chi connectivity index (χ1n) is 6.12. The highest BCUT2D eigenvalue weighted by molar-refractivity contribution is 6.32. The van der Waals surface area contributed by atoms with Crippen LogP contribution in [0.2, 0.25) is 5.15 Å². The summed E-state index contributed by atoms with van der Waals surface area (Å²) in [6, 6.07) is 1.04. The van der Waals surface area contributed by atoms with Gasteiger partial charge in [0, 0.05) is 12.6 Å². The predicted molar refractivity (Wildman–Crippen MR) is 71.8 cm³/mol. The number of ether oxygens (including phenoxy) is 1. The summed E-state index contributed by atoms with van der Waals surface area (Å²) in [5.41, 5.74) is -0.214. The third-order valence-electron chi connectivity index (χ3n) is 3.13. The van der Waals surface area contributed by atoms with Crippen LogP contribution in [0.15, 0.2) is 12.3 Å². The lowest BCUT2D eigenvalue weighted by Crippen LogP contribution is -2.50. The minimum atomic E-state index is -0.606. The molecule has 0 bridgehead atoms. The molecule has 0 saturated carbocycles. The van der Waals surface area contributed by atoms with Crippen LogP contribution in [-0.4, -0.2) is 46.0 Å². The van der Waals surface area contributed by atoms with Gasteiger partial charge in [-0.05, 0) is 13.8 Å². The summed E-state index contributed by atoms with van der Waals surface area (Å²) in [5, 5.41) is 10.7. The molecule has 8 heteroatoms. The molecule has 2 unspecified atom stereocenters. The van der Waals surface area contributed by atoms with Gasteiger partial charge in [-0.1, -0.05) is 11.6 Å². The smallest absolute Gasteiger partial charge is 0.288 e. The molecule has 1 aromatic rings. The Bertz CT molecular complexity index is 552. The van der Waals surface area contributed by atoms with Crippen molar-refractivity contribution in [3.8, 4) is 0 Å². The summed E-state index contributed by atoms with van der Waals surface area (Å²) in [5.74, 6) is -0.367. The first kappa shape index (κ1) is 14.7. The molecule has 1 aliphatic rings. The maximum atomic E-state index is 12.5. The molecule has 1 saturated heterocycles. The average Bonchev–Trinajstić information content (AvgIpc) is 2.41. The zero-order valence-corrected chi connectivity index (χ0v) is 11.8. The number of morpholine rings is 1. The lowest BCUT2D eigenvalue weighted by Gasteiger charge is -2.36. The second-order valence-corrected chi connectivity index (χ2v) is 5.10. The summed E-state index contributed by atoms with van der Waals surface area (Å²) < 4.78 is 5.45. The van der Waals surface area contributed by atoms with E-state index in [9.17, 15) is 14.9 Å². The van der Waals surface area contributed by atoms with Crippen LogP contribution in [0.1, 0.15) is 24.2 Å². The van der Waals surface area contributed by atoms with E-state index in [1.807, 2.05) is 13.8 Å². The number of nitro groups is 1. The lowest BCUT2D eigenvalue weighted by atomic mass is 10.1. The molecule has 0 aliphatic carbocycles. The topological polar surface area (TPSA) is 85.6 Å². The Morgan fingerprint density at radius 1 is 1.60 bits per heavy atom. The Labute approximate surface area is 120 Å². The highest BCUT2D eigenvalue weighted by Crippen LogP contribution is 2.23. The summed E-state index contributed by atoms with van der Waals surface area (Å²) in [7, 11) is 0. The number of carbonyl (C=O) groups is 1. The van der Waals surface area contributed by atoms with E-state index in [2.05, 4.69) is 4.98 Å². The Hall–Kier alpha value is -1.73. The molecule has 0 spiro atoms. The standard InChI is InChI=1S/C12H14ClN3O4/c1-7-6-20-8(2)5-15(7)12(17)10-3-9(16(18)19)4-14-11(10)13/h3-4,7-8H,5-6H2,1-2H3. The van der Waals surface area contributed by atoms with Crippen LogP contribution in [0.3, 0.4) is 0 Å². The van der Waals surface area contributed by atoms with Crippen molar-refractivity contribution in [3.05, 3.63) is 33.1 Å². The van der Waals surface area contributed by atoms with Gasteiger partial charge in [-0.3, -0.25) is 14.9 Å². The van der Waals surface area contributed by atoms with Crippen molar-refractivity contribution in [2.75, 3.05) is 13.2 Å². The van der Waals surface area contributed by atoms with Crippen LogP contribution >= 0.6 is 11.6 Å². The van der Waals surface area contributed by atoms with E-state index < -0.39 is 4.92 Å². The van der Waals surface area contributed by atoms with Gasteiger partial charge in [0.15, 0.2) is 0 Å². The van der Waals surface area contributed by atoms with E-state index in [0.29, 0.717) is 13.2 Å². The molecule has 1 aliphatic heterocycles. The predicted octanol–water partition coefficient (Wildman–Crippen LogP) is 1.89. The van der Waals surface area contributed by atoms with Gasteiger partial charge >= 0.3 is 0 Å². The minimum Gasteiger partial charge on any atom is -0.375 e. The molecular formula is C12H14ClN3O4. The maximum absolute atomic E-state index is 12.5. The maximum Gasteiger partial charge on any atom is 0.288 e. The van der Waals surface area contributed by atoms with E-state index in [1.165, 1.54) is 0 Å². The Balaban J connectivity index is 2.32. The quantitative estimate of drug-likeness (QED) is 0.473. The van der Waals surface area contributed by atoms with E-state index in [0.717, 1.165) is 12.3 Å². The van der Waals surface area contributed by atoms with Crippen molar-refractivity contribution in [2.24, 2.45) is 0 Å². The molecule has 1 fully saturated rings. The molecular weight excluding hydrogens is 286 g/mol. The number of carbonyl (C=O) groups excluding carboxylic acids is 1. The normalized spacial score (nSPS) is 22.6. The van der Waals surface area contributed by atoms with Crippen LogP contribution < -0.4 is 0 Å². The average molecular weight is 300 g/mol. The summed E-state index contributed by atoms with van der Waals surface area (Å²) in [6.07, 6.45) is 0.949. The zero-order chi connectivity index (χ0) is 14.9. The number of aromatic nitrogens is 1. The summed E-state index contributed by atoms with van der Waals surface area (Å²) in [4.78, 5) is 27.9. The molecule has 0 radical (unpaired) electrons. The first-order valence-corrected chi connectivity index (χ1v) is 6.50. The molecule has 20 heavy (non-hydrogen) atoms. The van der Waals surface area contributed by atoms with Crippen molar-refractivity contribution in [1.29, 1.82) is 0 Å². The van der Waals surface area contributed by atoms with Crippen molar-refractivity contribution < 1.29 is 14.5 Å². The number of pyridine rings is 1. The monoisotopic (exact) mass is 299 g/mol. The van der Waals surface area contributed by atoms with E-state index in [1.54, 1.807) is 4.90 Å². The number of hydrogen-bond acceptors (Lipinski definition) is 5. The van der Waals surface area contributed by atoms with Gasteiger partial charge in [0.1, 0.15) is 11.3 Å². The number of halogens is 1. The number of amides is 1. The van der Waals surface area contributed by atoms with Crippen LogP contribution in [0.5, 0.6) is 0 Å². The highest BCUT2D eigenvalue weighted by atomic mass is 35.5. The summed E-state index contributed by atoms with van der Waals surface area (Å²) in [6.45, 7) is 4.55. The molecule has 2 rings (SSSR count). The fourth-order valence-electron chi connectivity index (χ4n) is 2.03. The van der Waals surface area contributed by atoms with Crippen molar-refractivity contribution in [2.45, 2.75) is 26.0 Å². The van der Waals surface area contributed by atoms with Gasteiger partial charge in [-0.2, -0.15) is 0 Å². The molecule has 108 valence electrons. The first-order chi connectivity index (χ1) is 9.40. The Morgan fingerprint density at radius 3 is 2.95 bits per heavy atom. The second-order valence-electron chi connectivity index (χ2n) is 4.74. The molecule has 2 heterocycles. The van der Waals surface area contributed by atoms with Crippen LogP contribution in [0.4, 0.5) is 5.69 Å². The summed E-state index contributed by atoms with van der Waals surface area (Å²) >= 11 is 5.89. The van der Waals surface area contributed by atoms with Crippen molar-refractivity contribution in [3.63, 3.8) is 0 Å². The number of hydrogen-bond donors (Lipinski definition) is 0. The fraction of sp³-hybridized carbons (Fsp3) is 0.500. The molecule has 0 aromatic carbocycles. The van der Waals surface area contributed by atoms with E-state index >= 15 is 0 Å². The second kappa shape index (κ2) is 5.72. The van der Waals surface area contributed by atoms with Gasteiger partial charge in [-0.25, -0.2) is 4.98 Å². The molecule has 0 N–H and O–H groups in total. The highest BCUT2D eigenvalue weighted by Gasteiger charge is 2.30. The lowest BCUT2D eigenvalue weighted by molar-refractivity contribution is -0.385. The van der Waals surface area contributed by atoms with E-state index in [4.69, 9.17) is 16.3 Å². The molecule has 1 aromatic heterocycles. The van der Waals surface area contributed by atoms with Crippen LogP contribution in [-0.2, 0) is 4.74 Å². The third-order valence-corrected chi connectivity index (χ3v) is 3.44. The Kier molecular flexibility index (Phi) is 4.20. The fourth-order valence-corrected chi connectivity index (χ4v) is 2.21. The SMILES string of the molecule is CC1CN(C(=O)c2cc([N+](=O)[O-])cnc2Cl)C(C)CO1. The zero-order valence-electron chi connectivity index (χ0n) is 11.1. The number of nitrogens with zero attached hydrogens (tertiary/aromatic N) is 3. The van der Waals surface area contributed by atoms with Gasteiger partial charge in [0.25, 0.3) is 11.6 Å². The third kappa shape index (κ3) is 2.88. The van der Waals surface area contributed by atoms with Crippen molar-refractivity contribution in [1.82, 2.24) is 9.88 Å². The van der Waals surface area contributed by atoms with Gasteiger partial charge < -0.3 is 9.64 Å². The van der Waals surface area contributed by atoms with Crippen molar-refractivity contribution >= 4 is 23.2 Å². The van der Waals surface area contributed by atoms with Crippen LogP contribution in [0, 0.1) is 10.1 Å². The molecule has 2 atom stereocenters. The van der Waals surface area contributed by atoms with Gasteiger partial charge in [0.2, 0.25) is 0 Å². The minimum absolute atomic E-state index is 0.0352. The molecule has 1 amide bonds. The van der Waals surface area contributed by atoms with E-state index in [-0.39, 0.29) is 34.5 Å². The van der Waals surface area contributed by atoms with Gasteiger partial charge in [0.05, 0.1) is 29.2 Å².